The smallest absolute Gasteiger partial charge is 0.335 e. The van der Waals surface area contributed by atoms with Crippen molar-refractivity contribution in [3.8, 4) is 11.3 Å². The fourth-order valence-electron chi connectivity index (χ4n) is 5.81. The molecule has 1 N–H and O–H groups in total. The molecule has 8 nitrogen and oxygen atoms in total. The zero-order valence-electron chi connectivity index (χ0n) is 26.0. The van der Waals surface area contributed by atoms with E-state index in [4.69, 9.17) is 10.1 Å². The third-order valence-corrected chi connectivity index (χ3v) is 8.54. The molecule has 5 aromatic rings. The van der Waals surface area contributed by atoms with Gasteiger partial charge in [0.1, 0.15) is 5.82 Å². The molecule has 3 aromatic carbocycles. The molecule has 0 atom stereocenters. The first kappa shape index (κ1) is 31.0. The molecule has 0 radical (unpaired) electrons. The first-order chi connectivity index (χ1) is 22.4. The minimum atomic E-state index is -0.899. The highest BCUT2D eigenvalue weighted by Crippen LogP contribution is 2.20. The Balaban J connectivity index is 1.01. The molecule has 0 saturated carbocycles. The van der Waals surface area contributed by atoms with Crippen molar-refractivity contribution in [2.24, 2.45) is 0 Å². The molecular weight excluding hydrogens is 574 g/mol. The number of piperazine rings is 1. The van der Waals surface area contributed by atoms with Crippen LogP contribution in [-0.4, -0.2) is 67.8 Å². The fourth-order valence-corrected chi connectivity index (χ4v) is 5.81. The number of aromatic nitrogens is 3. The van der Waals surface area contributed by atoms with Crippen LogP contribution in [0, 0.1) is 6.92 Å². The second-order valence-corrected chi connectivity index (χ2v) is 11.9. The first-order valence-electron chi connectivity index (χ1n) is 15.6. The Morgan fingerprint density at radius 2 is 1.39 bits per heavy atom. The third kappa shape index (κ3) is 7.96. The van der Waals surface area contributed by atoms with Gasteiger partial charge in [-0.3, -0.25) is 19.6 Å². The second kappa shape index (κ2) is 14.4. The molecule has 1 fully saturated rings. The number of benzene rings is 3. The molecule has 0 amide bonds. The predicted octanol–water partition coefficient (Wildman–Crippen LogP) is 5.88. The van der Waals surface area contributed by atoms with Crippen molar-refractivity contribution >= 4 is 11.8 Å². The average Bonchev–Trinajstić information content (AvgIpc) is 3.08. The van der Waals surface area contributed by atoms with E-state index in [2.05, 4.69) is 51.0 Å². The van der Waals surface area contributed by atoms with Crippen molar-refractivity contribution in [2.45, 2.75) is 32.9 Å². The highest BCUT2D eigenvalue weighted by atomic mass is 16.4. The molecule has 3 heterocycles. The largest absolute Gasteiger partial charge is 0.478 e. The number of carboxylic acids is 1. The molecule has 6 rings (SSSR count). The van der Waals surface area contributed by atoms with Crippen LogP contribution in [0.3, 0.4) is 0 Å². The molecule has 46 heavy (non-hydrogen) atoms. The zero-order chi connectivity index (χ0) is 31.9. The number of rotatable bonds is 11. The number of pyridine rings is 1. The molecule has 232 valence electrons. The predicted molar refractivity (Wildman–Crippen MR) is 178 cm³/mol. The lowest BCUT2D eigenvalue weighted by molar-refractivity contribution is 0.0696. The van der Waals surface area contributed by atoms with E-state index in [9.17, 15) is 9.59 Å². The van der Waals surface area contributed by atoms with Crippen molar-refractivity contribution in [3.63, 3.8) is 0 Å². The molecule has 8 heteroatoms. The van der Waals surface area contributed by atoms with Crippen LogP contribution in [0.5, 0.6) is 0 Å². The van der Waals surface area contributed by atoms with Crippen molar-refractivity contribution in [2.75, 3.05) is 26.2 Å². The van der Waals surface area contributed by atoms with E-state index in [0.717, 1.165) is 84.2 Å². The summed E-state index contributed by atoms with van der Waals surface area (Å²) in [5, 5.41) is 9.10. The Kier molecular flexibility index (Phi) is 9.67. The number of carbonyl (C=O) groups excluding carboxylic acids is 1. The summed E-state index contributed by atoms with van der Waals surface area (Å²) < 4.78 is 0. The van der Waals surface area contributed by atoms with Crippen molar-refractivity contribution in [1.29, 1.82) is 0 Å². The monoisotopic (exact) mass is 611 g/mol. The SMILES string of the molecule is Cc1ccc(CC(=O)c2ccc(CN3CCN(Cc4ccc(C(=O)O)cc4)CC3)cc2)cc1Cc1nccc(-c2cccnc2)n1. The van der Waals surface area contributed by atoms with Crippen LogP contribution in [0.25, 0.3) is 11.3 Å². The van der Waals surface area contributed by atoms with Crippen molar-refractivity contribution < 1.29 is 14.7 Å². The maximum atomic E-state index is 13.2. The molecule has 2 aromatic heterocycles. The van der Waals surface area contributed by atoms with Gasteiger partial charge in [0, 0.05) is 81.8 Å². The standard InChI is InChI=1S/C38H37N5O3/c1-27-4-5-30(21-34(27)23-37-40-16-14-35(41-37)33-3-2-15-39-24-33)22-36(44)31-10-6-28(7-11-31)25-42-17-19-43(20-18-42)26-29-8-12-32(13-9-29)38(45)46/h2-16,21,24H,17-20,22-23,25-26H2,1H3,(H,45,46). The summed E-state index contributed by atoms with van der Waals surface area (Å²) in [5.74, 6) is -0.0668. The summed E-state index contributed by atoms with van der Waals surface area (Å²) in [6, 6.07) is 27.1. The van der Waals surface area contributed by atoms with Crippen LogP contribution in [0.1, 0.15) is 54.4 Å². The lowest BCUT2D eigenvalue weighted by atomic mass is 9.97. The van der Waals surface area contributed by atoms with E-state index in [-0.39, 0.29) is 5.78 Å². The molecular formula is C38H37N5O3. The number of nitrogens with zero attached hydrogens (tertiary/aromatic N) is 5. The first-order valence-corrected chi connectivity index (χ1v) is 15.6. The Morgan fingerprint density at radius 1 is 0.761 bits per heavy atom. The molecule has 0 bridgehead atoms. The van der Waals surface area contributed by atoms with Crippen LogP contribution < -0.4 is 0 Å². The van der Waals surface area contributed by atoms with E-state index >= 15 is 0 Å². The summed E-state index contributed by atoms with van der Waals surface area (Å²) in [6.07, 6.45) is 6.25. The lowest BCUT2D eigenvalue weighted by Crippen LogP contribution is -2.45. The van der Waals surface area contributed by atoms with Crippen molar-refractivity contribution in [3.05, 3.63) is 148 Å². The van der Waals surface area contributed by atoms with Gasteiger partial charge in [-0.25, -0.2) is 14.8 Å². The van der Waals surface area contributed by atoms with Crippen LogP contribution in [0.2, 0.25) is 0 Å². The van der Waals surface area contributed by atoms with E-state index in [1.165, 1.54) is 5.56 Å². The Bertz CT molecular complexity index is 1800. The highest BCUT2D eigenvalue weighted by Gasteiger charge is 2.18. The van der Waals surface area contributed by atoms with Gasteiger partial charge < -0.3 is 5.11 Å². The van der Waals surface area contributed by atoms with Gasteiger partial charge in [0.15, 0.2) is 5.78 Å². The number of ketones is 1. The summed E-state index contributed by atoms with van der Waals surface area (Å²) in [7, 11) is 0. The van der Waals surface area contributed by atoms with E-state index in [0.29, 0.717) is 18.4 Å². The lowest BCUT2D eigenvalue weighted by Gasteiger charge is -2.34. The second-order valence-electron chi connectivity index (χ2n) is 11.9. The maximum absolute atomic E-state index is 13.2. The molecule has 1 aliphatic heterocycles. The highest BCUT2D eigenvalue weighted by molar-refractivity contribution is 5.97. The van der Waals surface area contributed by atoms with Gasteiger partial charge in [-0.15, -0.1) is 0 Å². The van der Waals surface area contributed by atoms with Crippen LogP contribution in [0.15, 0.2) is 104 Å². The van der Waals surface area contributed by atoms with Crippen LogP contribution >= 0.6 is 0 Å². The molecule has 1 aliphatic rings. The van der Waals surface area contributed by atoms with E-state index in [1.807, 2.05) is 48.5 Å². The number of aromatic carboxylic acids is 1. The van der Waals surface area contributed by atoms with Gasteiger partial charge in [-0.05, 0) is 65.1 Å². The number of Topliss-reactive ketones (excluding diaryl/α,β-unsaturated/α-hetero) is 1. The van der Waals surface area contributed by atoms with Gasteiger partial charge in [-0.2, -0.15) is 0 Å². The quantitative estimate of drug-likeness (QED) is 0.185. The molecule has 1 saturated heterocycles. The maximum Gasteiger partial charge on any atom is 0.335 e. The van der Waals surface area contributed by atoms with Crippen LogP contribution in [-0.2, 0) is 25.9 Å². The van der Waals surface area contributed by atoms with Gasteiger partial charge >= 0.3 is 5.97 Å². The van der Waals surface area contributed by atoms with Gasteiger partial charge in [0.05, 0.1) is 11.3 Å². The Labute approximate surface area is 269 Å². The Morgan fingerprint density at radius 3 is 2.00 bits per heavy atom. The van der Waals surface area contributed by atoms with E-state index < -0.39 is 5.97 Å². The van der Waals surface area contributed by atoms with Gasteiger partial charge in [0.2, 0.25) is 0 Å². The minimum absolute atomic E-state index is 0.0983. The topological polar surface area (TPSA) is 99.5 Å². The number of carboxylic acid groups (broad SMARTS) is 1. The van der Waals surface area contributed by atoms with Gasteiger partial charge in [0.25, 0.3) is 0 Å². The summed E-state index contributed by atoms with van der Waals surface area (Å²) >= 11 is 0. The molecule has 0 aliphatic carbocycles. The van der Waals surface area contributed by atoms with Crippen LogP contribution in [0.4, 0.5) is 0 Å². The molecule has 0 unspecified atom stereocenters. The molecule has 0 spiro atoms. The van der Waals surface area contributed by atoms with Crippen molar-refractivity contribution in [1.82, 2.24) is 24.8 Å². The zero-order valence-corrected chi connectivity index (χ0v) is 26.0. The third-order valence-electron chi connectivity index (χ3n) is 8.54. The van der Waals surface area contributed by atoms with E-state index in [1.54, 1.807) is 30.7 Å². The summed E-state index contributed by atoms with van der Waals surface area (Å²) in [5.41, 5.74) is 8.39. The fraction of sp³-hybridized carbons (Fsp3) is 0.237. The van der Waals surface area contributed by atoms with Gasteiger partial charge in [-0.1, -0.05) is 54.6 Å². The number of hydrogen-bond donors (Lipinski definition) is 1. The number of aryl methyl sites for hydroxylation is 1. The summed E-state index contributed by atoms with van der Waals surface area (Å²) in [6.45, 7) is 7.58. The average molecular weight is 612 g/mol. The minimum Gasteiger partial charge on any atom is -0.478 e. The Hall–Kier alpha value is -5.05. The normalized spacial score (nSPS) is 13.8. The summed E-state index contributed by atoms with van der Waals surface area (Å²) in [4.78, 5) is 42.6. The number of hydrogen-bond acceptors (Lipinski definition) is 7. The number of carbonyl (C=O) groups is 2.